The highest BCUT2D eigenvalue weighted by molar-refractivity contribution is 6.10. The molecule has 2 saturated carbocycles. The fourth-order valence-electron chi connectivity index (χ4n) is 4.09. The zero-order valence-electron chi connectivity index (χ0n) is 15.3. The maximum Gasteiger partial charge on any atom is 0.405 e. The SMILES string of the molecule is Cc1ccc(C(=O)NCC(F)(F)F)cc1NC(=O)C1(C(=O)O)CC2(CCC2)C1. The summed E-state index contributed by atoms with van der Waals surface area (Å²) in [6.45, 7) is 0.181. The molecule has 3 rings (SSSR count). The second-order valence-corrected chi connectivity index (χ2v) is 7.88. The van der Waals surface area contributed by atoms with Crippen molar-refractivity contribution in [1.29, 1.82) is 0 Å². The summed E-state index contributed by atoms with van der Waals surface area (Å²) in [5, 5.41) is 13.9. The Bertz CT molecular complexity index is 823. The summed E-state index contributed by atoms with van der Waals surface area (Å²) in [6, 6.07) is 4.09. The minimum Gasteiger partial charge on any atom is -0.480 e. The van der Waals surface area contributed by atoms with E-state index in [0.29, 0.717) is 5.56 Å². The first-order valence-corrected chi connectivity index (χ1v) is 8.97. The number of carbonyl (C=O) groups is 3. The first-order valence-electron chi connectivity index (χ1n) is 8.97. The van der Waals surface area contributed by atoms with Gasteiger partial charge in [-0.1, -0.05) is 12.5 Å². The Morgan fingerprint density at radius 2 is 1.82 bits per heavy atom. The third-order valence-electron chi connectivity index (χ3n) is 5.81. The van der Waals surface area contributed by atoms with Crippen LogP contribution in [0.4, 0.5) is 18.9 Å². The number of hydrogen-bond donors (Lipinski definition) is 3. The Kier molecular flexibility index (Phi) is 4.89. The van der Waals surface area contributed by atoms with Crippen molar-refractivity contribution in [2.24, 2.45) is 10.8 Å². The van der Waals surface area contributed by atoms with E-state index in [1.54, 1.807) is 12.2 Å². The van der Waals surface area contributed by atoms with Crippen LogP contribution in [0.15, 0.2) is 18.2 Å². The van der Waals surface area contributed by atoms with Crippen molar-refractivity contribution in [1.82, 2.24) is 5.32 Å². The summed E-state index contributed by atoms with van der Waals surface area (Å²) >= 11 is 0. The Morgan fingerprint density at radius 3 is 2.32 bits per heavy atom. The molecule has 1 aromatic carbocycles. The molecule has 9 heteroatoms. The standard InChI is InChI=1S/C19H21F3N2O4/c1-11-3-4-12(14(25)23-10-19(20,21)22)7-13(11)24-15(26)18(16(27)28)8-17(9-18)5-2-6-17/h3-4,7H,2,5-6,8-10H2,1H3,(H,23,25)(H,24,26)(H,27,28). The van der Waals surface area contributed by atoms with Gasteiger partial charge in [0.05, 0.1) is 0 Å². The monoisotopic (exact) mass is 398 g/mol. The number of benzene rings is 1. The molecule has 2 aliphatic carbocycles. The maximum atomic E-state index is 12.7. The summed E-state index contributed by atoms with van der Waals surface area (Å²) in [7, 11) is 0. The third-order valence-corrected chi connectivity index (χ3v) is 5.81. The number of carbonyl (C=O) groups excluding carboxylic acids is 2. The topological polar surface area (TPSA) is 95.5 Å². The molecule has 2 fully saturated rings. The van der Waals surface area contributed by atoms with Gasteiger partial charge in [0.2, 0.25) is 5.91 Å². The molecule has 2 amide bonds. The number of halogens is 3. The Balaban J connectivity index is 1.73. The molecule has 6 nitrogen and oxygen atoms in total. The van der Waals surface area contributed by atoms with Crippen LogP contribution in [-0.2, 0) is 9.59 Å². The van der Waals surface area contributed by atoms with Crippen LogP contribution in [0.3, 0.4) is 0 Å². The zero-order valence-corrected chi connectivity index (χ0v) is 15.3. The van der Waals surface area contributed by atoms with E-state index in [1.807, 2.05) is 0 Å². The van der Waals surface area contributed by atoms with Gasteiger partial charge in [0.25, 0.3) is 5.91 Å². The molecule has 0 heterocycles. The molecule has 0 atom stereocenters. The van der Waals surface area contributed by atoms with Crippen LogP contribution in [0.2, 0.25) is 0 Å². The predicted molar refractivity (Wildman–Crippen MR) is 93.8 cm³/mol. The van der Waals surface area contributed by atoms with Gasteiger partial charge in [-0.3, -0.25) is 14.4 Å². The number of aryl methyl sites for hydroxylation is 1. The van der Waals surface area contributed by atoms with Crippen LogP contribution in [0.25, 0.3) is 0 Å². The summed E-state index contributed by atoms with van der Waals surface area (Å²) in [5.41, 5.74) is -0.830. The van der Waals surface area contributed by atoms with Crippen LogP contribution >= 0.6 is 0 Å². The average molecular weight is 398 g/mol. The molecule has 2 aliphatic rings. The molecule has 28 heavy (non-hydrogen) atoms. The van der Waals surface area contributed by atoms with E-state index in [9.17, 15) is 32.7 Å². The van der Waals surface area contributed by atoms with Gasteiger partial charge in [-0.05, 0) is 55.7 Å². The Hall–Kier alpha value is -2.58. The number of rotatable bonds is 5. The summed E-state index contributed by atoms with van der Waals surface area (Å²) in [5.74, 6) is -2.77. The van der Waals surface area contributed by atoms with Crippen molar-refractivity contribution in [3.05, 3.63) is 29.3 Å². The van der Waals surface area contributed by atoms with Crippen LogP contribution in [0.5, 0.6) is 0 Å². The molecule has 0 aliphatic heterocycles. The van der Waals surface area contributed by atoms with Crippen LogP contribution in [0, 0.1) is 17.8 Å². The number of carboxylic acid groups (broad SMARTS) is 1. The van der Waals surface area contributed by atoms with Crippen molar-refractivity contribution in [3.63, 3.8) is 0 Å². The molecule has 3 N–H and O–H groups in total. The molecule has 0 bridgehead atoms. The van der Waals surface area contributed by atoms with Crippen LogP contribution in [-0.4, -0.2) is 35.6 Å². The van der Waals surface area contributed by atoms with E-state index in [0.717, 1.165) is 19.3 Å². The van der Waals surface area contributed by atoms with E-state index < -0.39 is 35.9 Å². The molecular formula is C19H21F3N2O4. The maximum absolute atomic E-state index is 12.7. The number of carboxylic acids is 1. The van der Waals surface area contributed by atoms with E-state index in [4.69, 9.17) is 0 Å². The summed E-state index contributed by atoms with van der Waals surface area (Å²) in [6.07, 6.45) is -1.09. The number of amides is 2. The van der Waals surface area contributed by atoms with Gasteiger partial charge in [-0.2, -0.15) is 13.2 Å². The molecule has 152 valence electrons. The molecule has 0 unspecified atom stereocenters. The van der Waals surface area contributed by atoms with Gasteiger partial charge in [-0.15, -0.1) is 0 Å². The number of nitrogens with one attached hydrogen (secondary N) is 2. The van der Waals surface area contributed by atoms with Crippen molar-refractivity contribution in [2.45, 2.75) is 45.2 Å². The number of aliphatic carboxylic acids is 1. The van der Waals surface area contributed by atoms with Gasteiger partial charge in [0.1, 0.15) is 12.0 Å². The fraction of sp³-hybridized carbons (Fsp3) is 0.526. The van der Waals surface area contributed by atoms with Crippen LogP contribution in [0.1, 0.15) is 48.0 Å². The van der Waals surface area contributed by atoms with Gasteiger partial charge >= 0.3 is 12.1 Å². The van der Waals surface area contributed by atoms with Crippen molar-refractivity contribution in [2.75, 3.05) is 11.9 Å². The van der Waals surface area contributed by atoms with E-state index in [2.05, 4.69) is 5.32 Å². The molecule has 1 spiro atoms. The Labute approximate surface area is 159 Å². The van der Waals surface area contributed by atoms with Crippen LogP contribution < -0.4 is 10.6 Å². The Morgan fingerprint density at radius 1 is 1.18 bits per heavy atom. The lowest BCUT2D eigenvalue weighted by molar-refractivity contribution is -0.178. The van der Waals surface area contributed by atoms with Crippen molar-refractivity contribution >= 4 is 23.5 Å². The lowest BCUT2D eigenvalue weighted by atomic mass is 9.45. The second-order valence-electron chi connectivity index (χ2n) is 7.88. The highest BCUT2D eigenvalue weighted by Crippen LogP contribution is 2.64. The minimum absolute atomic E-state index is 0.0515. The number of anilines is 1. The predicted octanol–water partition coefficient (Wildman–Crippen LogP) is 3.26. The zero-order chi connectivity index (χ0) is 20.7. The summed E-state index contributed by atoms with van der Waals surface area (Å²) < 4.78 is 36.8. The van der Waals surface area contributed by atoms with Gasteiger partial charge in [0.15, 0.2) is 0 Å². The third kappa shape index (κ3) is 3.70. The van der Waals surface area contributed by atoms with Crippen molar-refractivity contribution < 1.29 is 32.7 Å². The summed E-state index contributed by atoms with van der Waals surface area (Å²) in [4.78, 5) is 36.4. The normalized spacial score (nSPS) is 19.3. The molecular weight excluding hydrogens is 377 g/mol. The van der Waals surface area contributed by atoms with E-state index in [1.165, 1.54) is 18.2 Å². The van der Waals surface area contributed by atoms with Crippen molar-refractivity contribution in [3.8, 4) is 0 Å². The van der Waals surface area contributed by atoms with Gasteiger partial charge in [-0.25, -0.2) is 0 Å². The smallest absolute Gasteiger partial charge is 0.405 e. The molecule has 0 radical (unpaired) electrons. The minimum atomic E-state index is -4.53. The molecule has 0 saturated heterocycles. The highest BCUT2D eigenvalue weighted by Gasteiger charge is 2.65. The highest BCUT2D eigenvalue weighted by atomic mass is 19.4. The first kappa shape index (κ1) is 20.2. The number of hydrogen-bond acceptors (Lipinski definition) is 3. The van der Waals surface area contributed by atoms with Gasteiger partial charge < -0.3 is 15.7 Å². The lowest BCUT2D eigenvalue weighted by Gasteiger charge is -2.58. The van der Waals surface area contributed by atoms with E-state index in [-0.39, 0.29) is 29.5 Å². The number of alkyl halides is 3. The lowest BCUT2D eigenvalue weighted by Crippen LogP contribution is -2.59. The van der Waals surface area contributed by atoms with E-state index >= 15 is 0 Å². The van der Waals surface area contributed by atoms with Gasteiger partial charge in [0, 0.05) is 11.3 Å². The first-order chi connectivity index (χ1) is 13.0. The largest absolute Gasteiger partial charge is 0.480 e. The fourth-order valence-corrected chi connectivity index (χ4v) is 4.09. The second kappa shape index (κ2) is 6.79. The molecule has 0 aromatic heterocycles. The molecule has 1 aromatic rings. The quantitative estimate of drug-likeness (QED) is 0.664. The average Bonchev–Trinajstić information content (AvgIpc) is 2.51.